The molecule has 0 saturated carbocycles. The van der Waals surface area contributed by atoms with Gasteiger partial charge in [0.2, 0.25) is 0 Å². The minimum Gasteiger partial charge on any atom is -0.491 e. The van der Waals surface area contributed by atoms with E-state index >= 15 is 0 Å². The molecule has 0 fully saturated rings. The summed E-state index contributed by atoms with van der Waals surface area (Å²) in [4.78, 5) is 4.15. The number of pyridine rings is 1. The lowest BCUT2D eigenvalue weighted by Crippen LogP contribution is -2.05. The summed E-state index contributed by atoms with van der Waals surface area (Å²) in [6.45, 7) is 5.29. The van der Waals surface area contributed by atoms with Crippen LogP contribution in [0.3, 0.4) is 0 Å². The lowest BCUT2D eigenvalue weighted by atomic mass is 10.1. The number of aromatic nitrogens is 1. The molecule has 0 radical (unpaired) electrons. The third-order valence-corrected chi connectivity index (χ3v) is 3.72. The molecule has 2 rings (SSSR count). The second kappa shape index (κ2) is 6.95. The van der Waals surface area contributed by atoms with Gasteiger partial charge >= 0.3 is 0 Å². The summed E-state index contributed by atoms with van der Waals surface area (Å²) < 4.78 is 6.50. The molecule has 0 unspecified atom stereocenters. The number of ether oxygens (including phenoxy) is 1. The molecule has 0 bridgehead atoms. The van der Waals surface area contributed by atoms with Crippen molar-refractivity contribution in [2.24, 2.45) is 0 Å². The van der Waals surface area contributed by atoms with Gasteiger partial charge < -0.3 is 10.1 Å². The first-order chi connectivity index (χ1) is 9.61. The zero-order valence-electron chi connectivity index (χ0n) is 11.4. The molecule has 0 aliphatic rings. The van der Waals surface area contributed by atoms with Gasteiger partial charge in [-0.2, -0.15) is 0 Å². The third kappa shape index (κ3) is 3.64. The minimum atomic E-state index is 0.598. The van der Waals surface area contributed by atoms with Crippen molar-refractivity contribution >= 4 is 33.2 Å². The molecular formula is C15H16BrClN2O. The van der Waals surface area contributed by atoms with Crippen LogP contribution in [0.25, 0.3) is 0 Å². The number of hydrogen-bond acceptors (Lipinski definition) is 3. The van der Waals surface area contributed by atoms with Crippen LogP contribution in [0, 0.1) is 6.92 Å². The summed E-state index contributed by atoms with van der Waals surface area (Å²) in [5, 5.41) is 4.02. The van der Waals surface area contributed by atoms with E-state index in [1.807, 2.05) is 31.3 Å². The molecular weight excluding hydrogens is 340 g/mol. The summed E-state index contributed by atoms with van der Waals surface area (Å²) >= 11 is 9.58. The topological polar surface area (TPSA) is 34.1 Å². The van der Waals surface area contributed by atoms with Crippen LogP contribution in [-0.4, -0.2) is 11.6 Å². The number of rotatable bonds is 5. The fourth-order valence-corrected chi connectivity index (χ4v) is 2.78. The van der Waals surface area contributed by atoms with Crippen LogP contribution in [0.2, 0.25) is 5.02 Å². The van der Waals surface area contributed by atoms with Crippen LogP contribution < -0.4 is 10.1 Å². The van der Waals surface area contributed by atoms with Crippen molar-refractivity contribution in [3.63, 3.8) is 0 Å². The number of nitrogens with one attached hydrogen (secondary N) is 1. The number of nitrogens with zero attached hydrogens (tertiary/aromatic N) is 1. The van der Waals surface area contributed by atoms with Gasteiger partial charge in [-0.15, -0.1) is 0 Å². The molecule has 0 saturated heterocycles. The van der Waals surface area contributed by atoms with Crippen molar-refractivity contribution < 1.29 is 4.74 Å². The Bertz CT molecular complexity index is 604. The molecule has 1 heterocycles. The van der Waals surface area contributed by atoms with E-state index in [1.165, 1.54) is 5.56 Å². The van der Waals surface area contributed by atoms with Crippen LogP contribution in [0.15, 0.2) is 35.1 Å². The Morgan fingerprint density at radius 3 is 2.90 bits per heavy atom. The summed E-state index contributed by atoms with van der Waals surface area (Å²) in [7, 11) is 0. The molecule has 0 atom stereocenters. The van der Waals surface area contributed by atoms with E-state index in [9.17, 15) is 0 Å². The second-order valence-corrected chi connectivity index (χ2v) is 5.64. The van der Waals surface area contributed by atoms with Crippen molar-refractivity contribution in [2.75, 3.05) is 11.9 Å². The Balaban J connectivity index is 2.22. The van der Waals surface area contributed by atoms with Gasteiger partial charge in [-0.25, -0.2) is 0 Å². The summed E-state index contributed by atoms with van der Waals surface area (Å²) in [6.07, 6.45) is 3.66. The molecule has 1 aromatic heterocycles. The number of hydrogen-bond donors (Lipinski definition) is 1. The molecule has 106 valence electrons. The van der Waals surface area contributed by atoms with E-state index in [0.29, 0.717) is 18.2 Å². The van der Waals surface area contributed by atoms with E-state index in [1.54, 1.807) is 6.20 Å². The Labute approximate surface area is 132 Å². The maximum absolute atomic E-state index is 6.10. The SMILES string of the molecule is CCOc1c(Br)cc(Cl)cc1NCc1cnccc1C. The average Bonchev–Trinajstić information content (AvgIpc) is 2.41. The highest BCUT2D eigenvalue weighted by atomic mass is 79.9. The van der Waals surface area contributed by atoms with Gasteiger partial charge in [-0.1, -0.05) is 11.6 Å². The van der Waals surface area contributed by atoms with Gasteiger partial charge in [0.1, 0.15) is 0 Å². The zero-order valence-corrected chi connectivity index (χ0v) is 13.8. The third-order valence-electron chi connectivity index (χ3n) is 2.91. The Morgan fingerprint density at radius 1 is 1.40 bits per heavy atom. The Morgan fingerprint density at radius 2 is 2.20 bits per heavy atom. The summed E-state index contributed by atoms with van der Waals surface area (Å²) in [6, 6.07) is 5.68. The quantitative estimate of drug-likeness (QED) is 0.835. The second-order valence-electron chi connectivity index (χ2n) is 4.35. The monoisotopic (exact) mass is 354 g/mol. The smallest absolute Gasteiger partial charge is 0.156 e. The Kier molecular flexibility index (Phi) is 5.26. The molecule has 3 nitrogen and oxygen atoms in total. The molecule has 0 aliphatic carbocycles. The predicted molar refractivity (Wildman–Crippen MR) is 86.6 cm³/mol. The predicted octanol–water partition coefficient (Wildman–Crippen LogP) is 4.82. The maximum Gasteiger partial charge on any atom is 0.156 e. The van der Waals surface area contributed by atoms with Gasteiger partial charge in [0, 0.05) is 24.0 Å². The van der Waals surface area contributed by atoms with Crippen molar-refractivity contribution in [2.45, 2.75) is 20.4 Å². The van der Waals surface area contributed by atoms with Gasteiger partial charge in [0.05, 0.1) is 16.8 Å². The van der Waals surface area contributed by atoms with E-state index in [4.69, 9.17) is 16.3 Å². The fraction of sp³-hybridized carbons (Fsp3) is 0.267. The number of anilines is 1. The molecule has 1 aromatic carbocycles. The van der Waals surface area contributed by atoms with E-state index < -0.39 is 0 Å². The van der Waals surface area contributed by atoms with Gasteiger partial charge in [-0.05, 0) is 59.1 Å². The highest BCUT2D eigenvalue weighted by molar-refractivity contribution is 9.10. The largest absolute Gasteiger partial charge is 0.491 e. The molecule has 0 spiro atoms. The first-order valence-corrected chi connectivity index (χ1v) is 7.54. The standard InChI is InChI=1S/C15H16BrClN2O/c1-3-20-15-13(16)6-12(17)7-14(15)19-9-11-8-18-5-4-10(11)2/h4-8,19H,3,9H2,1-2H3. The lowest BCUT2D eigenvalue weighted by molar-refractivity contribution is 0.339. The van der Waals surface area contributed by atoms with Crippen LogP contribution in [0.4, 0.5) is 5.69 Å². The average molecular weight is 356 g/mol. The van der Waals surface area contributed by atoms with Gasteiger partial charge in [0.25, 0.3) is 0 Å². The van der Waals surface area contributed by atoms with Crippen LogP contribution in [0.1, 0.15) is 18.1 Å². The van der Waals surface area contributed by atoms with E-state index in [0.717, 1.165) is 21.5 Å². The number of halogens is 2. The van der Waals surface area contributed by atoms with Crippen LogP contribution in [0.5, 0.6) is 5.75 Å². The number of benzene rings is 1. The van der Waals surface area contributed by atoms with E-state index in [2.05, 4.69) is 33.2 Å². The summed E-state index contributed by atoms with van der Waals surface area (Å²) in [5.74, 6) is 0.776. The molecule has 2 aromatic rings. The highest BCUT2D eigenvalue weighted by Gasteiger charge is 2.10. The van der Waals surface area contributed by atoms with Gasteiger partial charge in [-0.3, -0.25) is 4.98 Å². The Hall–Kier alpha value is -1.26. The molecule has 1 N–H and O–H groups in total. The minimum absolute atomic E-state index is 0.598. The number of aryl methyl sites for hydroxylation is 1. The first-order valence-electron chi connectivity index (χ1n) is 6.37. The van der Waals surface area contributed by atoms with E-state index in [-0.39, 0.29) is 0 Å². The first kappa shape index (κ1) is 15.1. The molecule has 20 heavy (non-hydrogen) atoms. The van der Waals surface area contributed by atoms with Gasteiger partial charge in [0.15, 0.2) is 5.75 Å². The van der Waals surface area contributed by atoms with Crippen LogP contribution >= 0.6 is 27.5 Å². The normalized spacial score (nSPS) is 10.4. The zero-order chi connectivity index (χ0) is 14.5. The fourth-order valence-electron chi connectivity index (χ4n) is 1.85. The molecule has 0 amide bonds. The lowest BCUT2D eigenvalue weighted by Gasteiger charge is -2.15. The maximum atomic E-state index is 6.10. The molecule has 0 aliphatic heterocycles. The van der Waals surface area contributed by atoms with Crippen molar-refractivity contribution in [3.8, 4) is 5.75 Å². The van der Waals surface area contributed by atoms with Crippen molar-refractivity contribution in [1.82, 2.24) is 4.98 Å². The summed E-state index contributed by atoms with van der Waals surface area (Å²) in [5.41, 5.74) is 3.21. The van der Waals surface area contributed by atoms with Crippen molar-refractivity contribution in [1.29, 1.82) is 0 Å². The highest BCUT2D eigenvalue weighted by Crippen LogP contribution is 2.36. The van der Waals surface area contributed by atoms with Crippen molar-refractivity contribution in [3.05, 3.63) is 51.2 Å². The van der Waals surface area contributed by atoms with Crippen LogP contribution in [-0.2, 0) is 6.54 Å². The molecule has 5 heteroatoms.